The lowest BCUT2D eigenvalue weighted by molar-refractivity contribution is 0.717. The highest BCUT2D eigenvalue weighted by molar-refractivity contribution is 5.76. The summed E-state index contributed by atoms with van der Waals surface area (Å²) in [6.45, 7) is 2.39. The largest absolute Gasteiger partial charge is 0.340 e. The molecule has 4 rings (SSSR count). The van der Waals surface area contributed by atoms with Crippen LogP contribution in [0.15, 0.2) is 47.8 Å². The number of pyridine rings is 1. The van der Waals surface area contributed by atoms with Crippen LogP contribution in [0.4, 0.5) is 0 Å². The van der Waals surface area contributed by atoms with E-state index in [9.17, 15) is 4.79 Å². The summed E-state index contributed by atoms with van der Waals surface area (Å²) in [6.07, 6.45) is 4.72. The van der Waals surface area contributed by atoms with Crippen molar-refractivity contribution in [1.29, 1.82) is 0 Å². The van der Waals surface area contributed by atoms with Crippen LogP contribution in [0.25, 0.3) is 21.9 Å². The molecule has 6 nitrogen and oxygen atoms in total. The molecule has 0 saturated heterocycles. The molecule has 0 unspecified atom stereocenters. The lowest BCUT2D eigenvalue weighted by Crippen LogP contribution is -2.21. The van der Waals surface area contributed by atoms with Gasteiger partial charge < -0.3 is 4.98 Å². The van der Waals surface area contributed by atoms with E-state index in [1.165, 1.54) is 11.9 Å². The zero-order valence-corrected chi connectivity index (χ0v) is 11.9. The maximum atomic E-state index is 12.5. The summed E-state index contributed by atoms with van der Waals surface area (Å²) < 4.78 is 1.55. The lowest BCUT2D eigenvalue weighted by atomic mass is 10.2. The number of nitrogens with zero attached hydrogens (tertiary/aromatic N) is 4. The van der Waals surface area contributed by atoms with Gasteiger partial charge in [-0.15, -0.1) is 0 Å². The van der Waals surface area contributed by atoms with Crippen molar-refractivity contribution in [3.63, 3.8) is 0 Å². The minimum atomic E-state index is -0.0935. The smallest absolute Gasteiger partial charge is 0.261 e. The molecule has 0 radical (unpaired) electrons. The first-order valence-electron chi connectivity index (χ1n) is 6.95. The Morgan fingerprint density at radius 1 is 1.23 bits per heavy atom. The van der Waals surface area contributed by atoms with Crippen LogP contribution in [-0.4, -0.2) is 24.5 Å². The van der Waals surface area contributed by atoms with Crippen LogP contribution in [0.2, 0.25) is 0 Å². The van der Waals surface area contributed by atoms with Crippen molar-refractivity contribution in [2.75, 3.05) is 0 Å². The van der Waals surface area contributed by atoms with Gasteiger partial charge in [0.15, 0.2) is 0 Å². The van der Waals surface area contributed by atoms with Crippen LogP contribution in [0.1, 0.15) is 11.4 Å². The molecule has 0 aliphatic rings. The Kier molecular flexibility index (Phi) is 2.75. The van der Waals surface area contributed by atoms with E-state index in [-0.39, 0.29) is 5.56 Å². The highest BCUT2D eigenvalue weighted by Crippen LogP contribution is 2.13. The van der Waals surface area contributed by atoms with Gasteiger partial charge in [-0.1, -0.05) is 6.07 Å². The maximum absolute atomic E-state index is 12.5. The third-order valence-corrected chi connectivity index (χ3v) is 3.63. The quantitative estimate of drug-likeness (QED) is 0.613. The zero-order chi connectivity index (χ0) is 15.1. The van der Waals surface area contributed by atoms with E-state index >= 15 is 0 Å². The highest BCUT2D eigenvalue weighted by atomic mass is 16.1. The zero-order valence-electron chi connectivity index (χ0n) is 11.9. The van der Waals surface area contributed by atoms with E-state index < -0.39 is 0 Å². The minimum Gasteiger partial charge on any atom is -0.340 e. The average molecular weight is 291 g/mol. The molecule has 0 saturated carbocycles. The maximum Gasteiger partial charge on any atom is 0.261 e. The molecule has 4 aromatic rings. The van der Waals surface area contributed by atoms with Crippen molar-refractivity contribution in [3.8, 4) is 0 Å². The monoisotopic (exact) mass is 291 g/mol. The number of nitrogens with one attached hydrogen (secondary N) is 1. The molecule has 6 heteroatoms. The first-order valence-corrected chi connectivity index (χ1v) is 6.95. The number of H-pyrrole nitrogens is 1. The van der Waals surface area contributed by atoms with E-state index in [1.807, 2.05) is 25.1 Å². The van der Waals surface area contributed by atoms with E-state index in [0.717, 1.165) is 16.9 Å². The number of fused-ring (bicyclic) bond motifs is 2. The fourth-order valence-corrected chi connectivity index (χ4v) is 2.53. The molecule has 0 amide bonds. The normalized spacial score (nSPS) is 11.3. The fraction of sp³-hybridized carbons (Fsp3) is 0.125. The van der Waals surface area contributed by atoms with Gasteiger partial charge in [0.05, 0.1) is 41.0 Å². The van der Waals surface area contributed by atoms with Crippen molar-refractivity contribution in [2.45, 2.75) is 13.5 Å². The van der Waals surface area contributed by atoms with Gasteiger partial charge >= 0.3 is 0 Å². The molecule has 0 aliphatic carbocycles. The summed E-state index contributed by atoms with van der Waals surface area (Å²) >= 11 is 0. The van der Waals surface area contributed by atoms with Crippen molar-refractivity contribution in [3.05, 3.63) is 64.7 Å². The number of hydrogen-bond donors (Lipinski definition) is 1. The lowest BCUT2D eigenvalue weighted by Gasteiger charge is -2.03. The van der Waals surface area contributed by atoms with Crippen LogP contribution in [0, 0.1) is 6.92 Å². The summed E-state index contributed by atoms with van der Waals surface area (Å²) in [7, 11) is 0. The predicted octanol–water partition coefficient (Wildman–Crippen LogP) is 2.02. The molecular formula is C16H13N5O. The number of benzene rings is 1. The van der Waals surface area contributed by atoms with Gasteiger partial charge in [-0.05, 0) is 30.7 Å². The average Bonchev–Trinajstić information content (AvgIpc) is 2.92. The number of hydrogen-bond acceptors (Lipinski definition) is 4. The van der Waals surface area contributed by atoms with Gasteiger partial charge in [-0.2, -0.15) is 0 Å². The second-order valence-corrected chi connectivity index (χ2v) is 5.27. The molecule has 0 aliphatic heterocycles. The molecule has 0 bridgehead atoms. The molecule has 1 N–H and O–H groups in total. The van der Waals surface area contributed by atoms with Crippen molar-refractivity contribution in [1.82, 2.24) is 24.5 Å². The number of imidazole rings is 1. The third kappa shape index (κ3) is 2.05. The first kappa shape index (κ1) is 12.7. The van der Waals surface area contributed by atoms with Crippen LogP contribution >= 0.6 is 0 Å². The molecule has 0 fully saturated rings. The Morgan fingerprint density at radius 3 is 3.05 bits per heavy atom. The minimum absolute atomic E-state index is 0.0935. The van der Waals surface area contributed by atoms with E-state index in [0.29, 0.717) is 17.4 Å². The second kappa shape index (κ2) is 4.77. The van der Waals surface area contributed by atoms with E-state index in [4.69, 9.17) is 0 Å². The number of aromatic nitrogens is 5. The standard InChI is InChI=1S/C16H13N5O/c1-10-2-3-12-13(6-10)20-15(19-12)8-21-9-18-14-7-17-5-4-11(14)16(21)22/h2-7,9H,8H2,1H3,(H,19,20). The Labute approximate surface area is 125 Å². The van der Waals surface area contributed by atoms with Crippen LogP contribution in [0.5, 0.6) is 0 Å². The molecule has 1 aromatic carbocycles. The van der Waals surface area contributed by atoms with Crippen molar-refractivity contribution in [2.24, 2.45) is 0 Å². The Balaban J connectivity index is 1.78. The molecular weight excluding hydrogens is 278 g/mol. The van der Waals surface area contributed by atoms with Crippen molar-refractivity contribution >= 4 is 21.9 Å². The SMILES string of the molecule is Cc1ccc2nc(Cn3cnc4cnccc4c3=O)[nH]c2c1. The number of aryl methyl sites for hydroxylation is 1. The van der Waals surface area contributed by atoms with Gasteiger partial charge in [0.2, 0.25) is 0 Å². The van der Waals surface area contributed by atoms with Crippen molar-refractivity contribution < 1.29 is 0 Å². The summed E-state index contributed by atoms with van der Waals surface area (Å²) in [5, 5.41) is 0.560. The van der Waals surface area contributed by atoms with E-state index in [2.05, 4.69) is 19.9 Å². The fourth-order valence-electron chi connectivity index (χ4n) is 2.53. The predicted molar refractivity (Wildman–Crippen MR) is 83.7 cm³/mol. The second-order valence-electron chi connectivity index (χ2n) is 5.27. The van der Waals surface area contributed by atoms with Crippen LogP contribution in [-0.2, 0) is 6.54 Å². The molecule has 0 atom stereocenters. The Morgan fingerprint density at radius 2 is 2.14 bits per heavy atom. The van der Waals surface area contributed by atoms with Gasteiger partial charge in [-0.25, -0.2) is 9.97 Å². The van der Waals surface area contributed by atoms with E-state index in [1.54, 1.807) is 23.0 Å². The van der Waals surface area contributed by atoms with Gasteiger partial charge in [0.25, 0.3) is 5.56 Å². The summed E-state index contributed by atoms with van der Waals surface area (Å²) in [6, 6.07) is 7.71. The molecule has 3 aromatic heterocycles. The van der Waals surface area contributed by atoms with Crippen LogP contribution in [0.3, 0.4) is 0 Å². The number of aromatic amines is 1. The summed E-state index contributed by atoms with van der Waals surface area (Å²) in [4.78, 5) is 28.5. The summed E-state index contributed by atoms with van der Waals surface area (Å²) in [5.41, 5.74) is 3.54. The number of rotatable bonds is 2. The first-order chi connectivity index (χ1) is 10.7. The van der Waals surface area contributed by atoms with Crippen LogP contribution < -0.4 is 5.56 Å². The highest BCUT2D eigenvalue weighted by Gasteiger charge is 2.07. The van der Waals surface area contributed by atoms with Gasteiger partial charge in [-0.3, -0.25) is 14.3 Å². The summed E-state index contributed by atoms with van der Waals surface area (Å²) in [5.74, 6) is 0.734. The molecule has 3 heterocycles. The molecule has 22 heavy (non-hydrogen) atoms. The molecule has 0 spiro atoms. The topological polar surface area (TPSA) is 76.5 Å². The molecule has 108 valence electrons. The Hall–Kier alpha value is -3.02. The third-order valence-electron chi connectivity index (χ3n) is 3.63. The Bertz CT molecular complexity index is 1050. The van der Waals surface area contributed by atoms with Gasteiger partial charge in [0, 0.05) is 6.20 Å². The van der Waals surface area contributed by atoms with Gasteiger partial charge in [0.1, 0.15) is 5.82 Å².